The molecule has 1 heterocycles. The topological polar surface area (TPSA) is 59.4 Å². The van der Waals surface area contributed by atoms with Crippen LogP contribution in [0.5, 0.6) is 5.75 Å². The lowest BCUT2D eigenvalue weighted by molar-refractivity contribution is -0.137. The highest BCUT2D eigenvalue weighted by molar-refractivity contribution is 8.00. The molecule has 1 N–H and O–H groups in total. The largest absolute Gasteiger partial charge is 0.485 e. The van der Waals surface area contributed by atoms with Gasteiger partial charge in [0.1, 0.15) is 5.03 Å². The number of rotatable bonds is 8. The number of carboxylic acids is 1. The third-order valence-electron chi connectivity index (χ3n) is 4.49. The highest BCUT2D eigenvalue weighted by atomic mass is 32.2. The fourth-order valence-electron chi connectivity index (χ4n) is 2.77. The fourth-order valence-corrected chi connectivity index (χ4v) is 4.09. The maximum absolute atomic E-state index is 14.5. The number of carboxylic acid groups (broad SMARTS) is 1. The second-order valence-electron chi connectivity index (χ2n) is 6.66. The van der Waals surface area contributed by atoms with Gasteiger partial charge in [-0.15, -0.1) is 11.8 Å². The van der Waals surface area contributed by atoms with Crippen molar-refractivity contribution in [1.29, 1.82) is 0 Å². The Kier molecular flexibility index (Phi) is 6.31. The minimum atomic E-state index is -0.977. The van der Waals surface area contributed by atoms with E-state index in [1.807, 2.05) is 0 Å². The Bertz CT molecular complexity index is 804. The van der Waals surface area contributed by atoms with Gasteiger partial charge in [-0.3, -0.25) is 4.79 Å². The lowest BCUT2D eigenvalue weighted by Gasteiger charge is -2.25. The van der Waals surface area contributed by atoms with Gasteiger partial charge in [0.25, 0.3) is 0 Å². The van der Waals surface area contributed by atoms with Gasteiger partial charge in [-0.25, -0.2) is 13.8 Å². The molecule has 0 spiro atoms. The fraction of sp³-hybridized carbons (Fsp3) is 0.400. The number of thioether (sulfide) groups is 1. The summed E-state index contributed by atoms with van der Waals surface area (Å²) in [5, 5.41) is 9.97. The molecule has 4 nitrogen and oxygen atoms in total. The lowest BCUT2D eigenvalue weighted by Crippen LogP contribution is -2.15. The Morgan fingerprint density at radius 2 is 2.07 bits per heavy atom. The number of hydrogen-bond acceptors (Lipinski definition) is 4. The number of nitrogens with zero attached hydrogens (tertiary/aromatic N) is 1. The molecule has 1 aromatic carbocycles. The van der Waals surface area contributed by atoms with Crippen LogP contribution in [0.2, 0.25) is 0 Å². The van der Waals surface area contributed by atoms with E-state index in [2.05, 4.69) is 4.98 Å². The van der Waals surface area contributed by atoms with Gasteiger partial charge in [0.2, 0.25) is 0 Å². The van der Waals surface area contributed by atoms with Gasteiger partial charge in [-0.2, -0.15) is 0 Å². The van der Waals surface area contributed by atoms with Crippen molar-refractivity contribution in [1.82, 2.24) is 4.98 Å². The summed E-state index contributed by atoms with van der Waals surface area (Å²) in [6, 6.07) is 6.03. The molecule has 7 heteroatoms. The molecule has 1 aliphatic carbocycles. The molecule has 0 aliphatic heterocycles. The van der Waals surface area contributed by atoms with Crippen molar-refractivity contribution >= 4 is 17.7 Å². The number of carbonyl (C=O) groups is 1. The summed E-state index contributed by atoms with van der Waals surface area (Å²) in [5.41, 5.74) is 1.10. The molecule has 2 aromatic rings. The van der Waals surface area contributed by atoms with Gasteiger partial charge in [0, 0.05) is 23.4 Å². The van der Waals surface area contributed by atoms with Crippen LogP contribution in [0.25, 0.3) is 11.1 Å². The number of pyridine rings is 1. The van der Waals surface area contributed by atoms with E-state index in [1.165, 1.54) is 18.6 Å². The standard InChI is InChI=1S/C20H21F2NO3S/c1-12(7-8-18(24)25)26-19-16(21)10-13(11-17(19)22)15-6-3-9-23-20(15)27-14-4-2-5-14/h3,6,9-12,14H,2,4-5,7-8H2,1H3,(H,24,25). The third kappa shape index (κ3) is 4.97. The van der Waals surface area contributed by atoms with Crippen molar-refractivity contribution in [3.8, 4) is 16.9 Å². The van der Waals surface area contributed by atoms with Crippen LogP contribution in [0.15, 0.2) is 35.5 Å². The summed E-state index contributed by atoms with van der Waals surface area (Å²) in [4.78, 5) is 15.0. The maximum atomic E-state index is 14.5. The van der Waals surface area contributed by atoms with E-state index in [0.29, 0.717) is 16.4 Å². The van der Waals surface area contributed by atoms with E-state index in [0.717, 1.165) is 17.9 Å². The van der Waals surface area contributed by atoms with E-state index in [-0.39, 0.29) is 12.8 Å². The number of benzene rings is 1. The van der Waals surface area contributed by atoms with Crippen molar-refractivity contribution in [2.75, 3.05) is 0 Å². The summed E-state index contributed by atoms with van der Waals surface area (Å²) in [6.45, 7) is 1.59. The number of aromatic nitrogens is 1. The molecule has 3 rings (SSSR count). The average Bonchev–Trinajstić information content (AvgIpc) is 2.59. The Hall–Kier alpha value is -2.15. The molecule has 144 valence electrons. The van der Waals surface area contributed by atoms with Crippen LogP contribution in [-0.2, 0) is 4.79 Å². The highest BCUT2D eigenvalue weighted by Crippen LogP contribution is 2.40. The van der Waals surface area contributed by atoms with Crippen LogP contribution in [0.4, 0.5) is 8.78 Å². The van der Waals surface area contributed by atoms with E-state index >= 15 is 0 Å². The molecule has 0 bridgehead atoms. The molecule has 1 aromatic heterocycles. The van der Waals surface area contributed by atoms with E-state index < -0.39 is 29.5 Å². The zero-order valence-corrected chi connectivity index (χ0v) is 15.8. The monoisotopic (exact) mass is 393 g/mol. The van der Waals surface area contributed by atoms with E-state index in [4.69, 9.17) is 9.84 Å². The van der Waals surface area contributed by atoms with Crippen LogP contribution in [0.3, 0.4) is 0 Å². The molecule has 0 radical (unpaired) electrons. The average molecular weight is 393 g/mol. The van der Waals surface area contributed by atoms with Gasteiger partial charge >= 0.3 is 5.97 Å². The predicted octanol–water partition coefficient (Wildman–Crippen LogP) is 5.30. The van der Waals surface area contributed by atoms with Crippen molar-refractivity contribution in [2.24, 2.45) is 0 Å². The smallest absolute Gasteiger partial charge is 0.303 e. The number of ether oxygens (including phenoxy) is 1. The van der Waals surface area contributed by atoms with Gasteiger partial charge in [0.15, 0.2) is 17.4 Å². The van der Waals surface area contributed by atoms with Crippen molar-refractivity contribution < 1.29 is 23.4 Å². The molecule has 0 amide bonds. The zero-order chi connectivity index (χ0) is 19.4. The molecule has 0 saturated heterocycles. The van der Waals surface area contributed by atoms with Gasteiger partial charge < -0.3 is 9.84 Å². The normalized spacial score (nSPS) is 15.2. The number of aliphatic carboxylic acids is 1. The Morgan fingerprint density at radius 3 is 2.67 bits per heavy atom. The molecule has 1 aliphatic rings. The summed E-state index contributed by atoms with van der Waals surface area (Å²) < 4.78 is 34.3. The predicted molar refractivity (Wildman–Crippen MR) is 100 cm³/mol. The van der Waals surface area contributed by atoms with Crippen molar-refractivity contribution in [2.45, 2.75) is 55.4 Å². The highest BCUT2D eigenvalue weighted by Gasteiger charge is 2.22. The Morgan fingerprint density at radius 1 is 1.37 bits per heavy atom. The van der Waals surface area contributed by atoms with Crippen LogP contribution in [0, 0.1) is 11.6 Å². The quantitative estimate of drug-likeness (QED) is 0.659. The Balaban J connectivity index is 1.81. The summed E-state index contributed by atoms with van der Waals surface area (Å²) >= 11 is 1.64. The van der Waals surface area contributed by atoms with Crippen LogP contribution < -0.4 is 4.74 Å². The van der Waals surface area contributed by atoms with E-state index in [1.54, 1.807) is 37.0 Å². The first-order chi connectivity index (χ1) is 12.9. The lowest BCUT2D eigenvalue weighted by atomic mass is 10.00. The minimum Gasteiger partial charge on any atom is -0.485 e. The summed E-state index contributed by atoms with van der Waals surface area (Å²) in [6.07, 6.45) is 4.57. The Labute approximate surface area is 161 Å². The molecule has 1 atom stereocenters. The van der Waals surface area contributed by atoms with Crippen LogP contribution in [0.1, 0.15) is 39.0 Å². The zero-order valence-electron chi connectivity index (χ0n) is 15.0. The number of halogens is 2. The van der Waals surface area contributed by atoms with Crippen molar-refractivity contribution in [3.63, 3.8) is 0 Å². The summed E-state index contributed by atoms with van der Waals surface area (Å²) in [7, 11) is 0. The third-order valence-corrected chi connectivity index (χ3v) is 5.85. The molecule has 27 heavy (non-hydrogen) atoms. The molecule has 1 unspecified atom stereocenters. The molecule has 1 fully saturated rings. The van der Waals surface area contributed by atoms with Crippen LogP contribution >= 0.6 is 11.8 Å². The van der Waals surface area contributed by atoms with Crippen LogP contribution in [-0.4, -0.2) is 27.4 Å². The molecular formula is C20H21F2NO3S. The van der Waals surface area contributed by atoms with Crippen molar-refractivity contribution in [3.05, 3.63) is 42.1 Å². The number of hydrogen-bond donors (Lipinski definition) is 1. The van der Waals surface area contributed by atoms with Gasteiger partial charge in [-0.1, -0.05) is 12.5 Å². The van der Waals surface area contributed by atoms with Gasteiger partial charge in [-0.05, 0) is 49.9 Å². The maximum Gasteiger partial charge on any atom is 0.303 e. The first-order valence-electron chi connectivity index (χ1n) is 8.93. The minimum absolute atomic E-state index is 0.125. The SMILES string of the molecule is CC(CCC(=O)O)Oc1c(F)cc(-c2cccnc2SC2CCC2)cc1F. The molecule has 1 saturated carbocycles. The second-order valence-corrected chi connectivity index (χ2v) is 7.95. The van der Waals surface area contributed by atoms with E-state index in [9.17, 15) is 13.6 Å². The van der Waals surface area contributed by atoms with Gasteiger partial charge in [0.05, 0.1) is 6.10 Å². The second kappa shape index (κ2) is 8.69. The summed E-state index contributed by atoms with van der Waals surface area (Å²) in [5.74, 6) is -3.07. The first-order valence-corrected chi connectivity index (χ1v) is 9.81. The molecular weight excluding hydrogens is 372 g/mol. The first kappa shape index (κ1) is 19.6.